The molecule has 0 aliphatic heterocycles. The van der Waals surface area contributed by atoms with Crippen LogP contribution in [-0.2, 0) is 6.54 Å². The molecule has 6 heteroatoms. The van der Waals surface area contributed by atoms with Crippen molar-refractivity contribution in [2.45, 2.75) is 19.5 Å². The predicted octanol–water partition coefficient (Wildman–Crippen LogP) is 3.72. The van der Waals surface area contributed by atoms with E-state index in [1.54, 1.807) is 19.1 Å². The lowest BCUT2D eigenvalue weighted by molar-refractivity contribution is -0.384. The molecule has 1 unspecified atom stereocenters. The number of benzene rings is 2. The average Bonchev–Trinajstić information content (AvgIpc) is 2.45. The number of nitro groups is 1. The minimum absolute atomic E-state index is 0.0148. The van der Waals surface area contributed by atoms with E-state index in [1.807, 2.05) is 0 Å². The van der Waals surface area contributed by atoms with Gasteiger partial charge in [-0.05, 0) is 24.6 Å². The Kier molecular flexibility index (Phi) is 4.59. The largest absolute Gasteiger partial charge is 0.306 e. The molecule has 1 N–H and O–H groups in total. The van der Waals surface area contributed by atoms with Gasteiger partial charge in [-0.1, -0.05) is 18.2 Å². The van der Waals surface area contributed by atoms with Crippen LogP contribution in [0.1, 0.15) is 24.1 Å². The van der Waals surface area contributed by atoms with Crippen molar-refractivity contribution in [3.8, 4) is 0 Å². The highest BCUT2D eigenvalue weighted by Crippen LogP contribution is 2.21. The van der Waals surface area contributed by atoms with E-state index in [9.17, 15) is 18.9 Å². The molecule has 0 spiro atoms. The van der Waals surface area contributed by atoms with Crippen molar-refractivity contribution in [1.82, 2.24) is 5.32 Å². The van der Waals surface area contributed by atoms with Gasteiger partial charge < -0.3 is 5.32 Å². The first kappa shape index (κ1) is 15.1. The maximum atomic E-state index is 13.6. The highest BCUT2D eigenvalue weighted by Gasteiger charge is 2.15. The van der Waals surface area contributed by atoms with E-state index < -0.39 is 22.6 Å². The molecule has 0 bridgehead atoms. The topological polar surface area (TPSA) is 55.2 Å². The second kappa shape index (κ2) is 6.41. The second-order valence-electron chi connectivity index (χ2n) is 4.66. The Morgan fingerprint density at radius 3 is 2.43 bits per heavy atom. The third kappa shape index (κ3) is 3.61. The number of rotatable bonds is 5. The fraction of sp³-hybridized carbons (Fsp3) is 0.200. The molecule has 0 aromatic heterocycles. The first-order valence-electron chi connectivity index (χ1n) is 6.39. The Hall–Kier alpha value is -2.34. The third-order valence-corrected chi connectivity index (χ3v) is 3.17. The van der Waals surface area contributed by atoms with Gasteiger partial charge in [0.15, 0.2) is 0 Å². The lowest BCUT2D eigenvalue weighted by atomic mass is 10.1. The predicted molar refractivity (Wildman–Crippen MR) is 74.7 cm³/mol. The Morgan fingerprint density at radius 2 is 1.81 bits per heavy atom. The van der Waals surface area contributed by atoms with Gasteiger partial charge in [-0.2, -0.15) is 0 Å². The van der Waals surface area contributed by atoms with E-state index in [1.165, 1.54) is 30.3 Å². The Morgan fingerprint density at radius 1 is 1.19 bits per heavy atom. The number of nitrogens with one attached hydrogen (secondary N) is 1. The molecule has 0 fully saturated rings. The zero-order valence-corrected chi connectivity index (χ0v) is 11.3. The fourth-order valence-corrected chi connectivity index (χ4v) is 2.08. The number of nitro benzene ring substituents is 1. The van der Waals surface area contributed by atoms with E-state index in [4.69, 9.17) is 0 Å². The number of hydrogen-bond acceptors (Lipinski definition) is 3. The molecule has 21 heavy (non-hydrogen) atoms. The van der Waals surface area contributed by atoms with Gasteiger partial charge >= 0.3 is 0 Å². The highest BCUT2D eigenvalue weighted by atomic mass is 19.1. The molecule has 2 aromatic rings. The summed E-state index contributed by atoms with van der Waals surface area (Å²) in [6, 6.07) is 9.26. The summed E-state index contributed by atoms with van der Waals surface area (Å²) >= 11 is 0. The van der Waals surface area contributed by atoms with Crippen molar-refractivity contribution < 1.29 is 13.7 Å². The number of hydrogen-bond donors (Lipinski definition) is 1. The summed E-state index contributed by atoms with van der Waals surface area (Å²) in [6.45, 7) is 1.91. The van der Waals surface area contributed by atoms with Crippen molar-refractivity contribution in [2.24, 2.45) is 0 Å². The molecule has 0 amide bonds. The summed E-state index contributed by atoms with van der Waals surface area (Å²) in [7, 11) is 0. The smallest absolute Gasteiger partial charge is 0.269 e. The highest BCUT2D eigenvalue weighted by molar-refractivity contribution is 5.34. The van der Waals surface area contributed by atoms with Gasteiger partial charge in [0, 0.05) is 30.3 Å². The van der Waals surface area contributed by atoms with Crippen molar-refractivity contribution >= 4 is 5.69 Å². The summed E-state index contributed by atoms with van der Waals surface area (Å²) in [4.78, 5) is 10.2. The van der Waals surface area contributed by atoms with Crippen molar-refractivity contribution in [1.29, 1.82) is 0 Å². The zero-order chi connectivity index (χ0) is 15.4. The minimum Gasteiger partial charge on any atom is -0.306 e. The first-order valence-corrected chi connectivity index (χ1v) is 6.39. The van der Waals surface area contributed by atoms with E-state index in [0.29, 0.717) is 5.56 Å². The van der Waals surface area contributed by atoms with Gasteiger partial charge in [-0.25, -0.2) is 8.78 Å². The summed E-state index contributed by atoms with van der Waals surface area (Å²) in [5.41, 5.74) is 0.620. The van der Waals surface area contributed by atoms with Crippen LogP contribution < -0.4 is 5.32 Å². The molecule has 0 radical (unpaired) electrons. The van der Waals surface area contributed by atoms with Crippen molar-refractivity contribution in [3.63, 3.8) is 0 Å². The molecule has 0 saturated heterocycles. The normalized spacial score (nSPS) is 12.1. The van der Waals surface area contributed by atoms with Crippen molar-refractivity contribution in [3.05, 3.63) is 75.3 Å². The van der Waals surface area contributed by atoms with E-state index in [2.05, 4.69) is 5.32 Å². The summed E-state index contributed by atoms with van der Waals surface area (Å²) < 4.78 is 27.3. The Bertz CT molecular complexity index is 642. The fourth-order valence-electron chi connectivity index (χ4n) is 2.08. The molecule has 2 rings (SSSR count). The minimum atomic E-state index is -0.617. The van der Waals surface area contributed by atoms with Gasteiger partial charge in [0.25, 0.3) is 5.69 Å². The van der Waals surface area contributed by atoms with Crippen LogP contribution in [0.4, 0.5) is 14.5 Å². The molecule has 0 heterocycles. The molecule has 4 nitrogen and oxygen atoms in total. The van der Waals surface area contributed by atoms with Crippen LogP contribution >= 0.6 is 0 Å². The van der Waals surface area contributed by atoms with Crippen LogP contribution in [0, 0.1) is 21.7 Å². The lowest BCUT2D eigenvalue weighted by Gasteiger charge is -2.15. The van der Waals surface area contributed by atoms with E-state index in [-0.39, 0.29) is 17.8 Å². The van der Waals surface area contributed by atoms with Gasteiger partial charge in [-0.15, -0.1) is 0 Å². The molecule has 1 atom stereocenters. The number of nitrogens with zero attached hydrogens (tertiary/aromatic N) is 1. The zero-order valence-electron chi connectivity index (χ0n) is 11.3. The molecule has 0 saturated carbocycles. The quantitative estimate of drug-likeness (QED) is 0.675. The van der Waals surface area contributed by atoms with E-state index >= 15 is 0 Å². The monoisotopic (exact) mass is 292 g/mol. The van der Waals surface area contributed by atoms with E-state index in [0.717, 1.165) is 0 Å². The van der Waals surface area contributed by atoms with Gasteiger partial charge in [0.2, 0.25) is 0 Å². The average molecular weight is 292 g/mol. The maximum absolute atomic E-state index is 13.6. The lowest BCUT2D eigenvalue weighted by Crippen LogP contribution is -2.20. The van der Waals surface area contributed by atoms with Crippen LogP contribution in [0.25, 0.3) is 0 Å². The molecular formula is C15H14F2N2O2. The molecule has 2 aromatic carbocycles. The summed E-state index contributed by atoms with van der Waals surface area (Å²) in [5.74, 6) is -1.23. The summed E-state index contributed by atoms with van der Waals surface area (Å²) in [6.07, 6.45) is 0. The molecular weight excluding hydrogens is 278 g/mol. The number of halogens is 2. The van der Waals surface area contributed by atoms with Gasteiger partial charge in [0.05, 0.1) is 4.92 Å². The van der Waals surface area contributed by atoms with Crippen LogP contribution in [0.15, 0.2) is 42.5 Å². The van der Waals surface area contributed by atoms with Crippen LogP contribution in [-0.4, -0.2) is 4.92 Å². The first-order chi connectivity index (χ1) is 9.99. The SMILES string of the molecule is CC(NCc1cccc([N+](=O)[O-])c1)c1c(F)cccc1F. The standard InChI is InChI=1S/C15H14F2N2O2/c1-10(15-13(16)6-3-7-14(15)17)18-9-11-4-2-5-12(8-11)19(20)21/h2-8,10,18H,9H2,1H3. The van der Waals surface area contributed by atoms with Crippen LogP contribution in [0.3, 0.4) is 0 Å². The summed E-state index contributed by atoms with van der Waals surface area (Å²) in [5, 5.41) is 13.6. The van der Waals surface area contributed by atoms with Crippen LogP contribution in [0.5, 0.6) is 0 Å². The number of non-ortho nitro benzene ring substituents is 1. The van der Waals surface area contributed by atoms with Crippen LogP contribution in [0.2, 0.25) is 0 Å². The van der Waals surface area contributed by atoms with Gasteiger partial charge in [0.1, 0.15) is 11.6 Å². The third-order valence-electron chi connectivity index (χ3n) is 3.17. The Labute approximate surface area is 120 Å². The molecule has 0 aliphatic carbocycles. The maximum Gasteiger partial charge on any atom is 0.269 e. The molecule has 110 valence electrons. The Balaban J connectivity index is 2.09. The van der Waals surface area contributed by atoms with Gasteiger partial charge in [-0.3, -0.25) is 10.1 Å². The molecule has 0 aliphatic rings. The van der Waals surface area contributed by atoms with Crippen molar-refractivity contribution in [2.75, 3.05) is 0 Å². The second-order valence-corrected chi connectivity index (χ2v) is 4.66.